The van der Waals surface area contributed by atoms with Gasteiger partial charge in [-0.15, -0.1) is 0 Å². The van der Waals surface area contributed by atoms with Gasteiger partial charge in [-0.1, -0.05) is 0 Å². The van der Waals surface area contributed by atoms with E-state index in [-0.39, 0.29) is 11.4 Å². The van der Waals surface area contributed by atoms with E-state index in [2.05, 4.69) is 15.0 Å². The summed E-state index contributed by atoms with van der Waals surface area (Å²) in [4.78, 5) is 16.7. The number of azide groups is 1. The second-order valence-electron chi connectivity index (χ2n) is 1.96. The summed E-state index contributed by atoms with van der Waals surface area (Å²) >= 11 is 0. The number of carbonyl (C=O) groups excluding carboxylic acids is 1. The van der Waals surface area contributed by atoms with Crippen LogP contribution >= 0.6 is 0 Å². The van der Waals surface area contributed by atoms with E-state index >= 15 is 0 Å². The standard InChI is InChI=1S/C6H5N5O/c7-6(12)4-1-2-5(9-3-4)10-11-8/h1-3H,(H2,7,12). The minimum absolute atomic E-state index is 0.211. The van der Waals surface area contributed by atoms with Crippen molar-refractivity contribution >= 4 is 11.7 Å². The first-order valence-corrected chi connectivity index (χ1v) is 3.05. The Balaban J connectivity index is 3.00. The Morgan fingerprint density at radius 2 is 2.42 bits per heavy atom. The molecule has 0 aliphatic carbocycles. The number of primary amides is 1. The van der Waals surface area contributed by atoms with Gasteiger partial charge in [0.2, 0.25) is 5.91 Å². The number of amides is 1. The van der Waals surface area contributed by atoms with Crippen LogP contribution in [0.2, 0.25) is 0 Å². The molecule has 0 saturated heterocycles. The third kappa shape index (κ3) is 1.71. The maximum absolute atomic E-state index is 10.5. The van der Waals surface area contributed by atoms with Crippen LogP contribution in [0.3, 0.4) is 0 Å². The fraction of sp³-hybridized carbons (Fsp3) is 0. The molecule has 1 heterocycles. The summed E-state index contributed by atoms with van der Waals surface area (Å²) in [6, 6.07) is 2.86. The van der Waals surface area contributed by atoms with Gasteiger partial charge >= 0.3 is 0 Å². The van der Waals surface area contributed by atoms with Crippen LogP contribution in [-0.2, 0) is 0 Å². The van der Waals surface area contributed by atoms with E-state index in [1.165, 1.54) is 18.3 Å². The molecule has 12 heavy (non-hydrogen) atoms. The Kier molecular flexibility index (Phi) is 2.25. The molecule has 1 rings (SSSR count). The van der Waals surface area contributed by atoms with Crippen LogP contribution in [0.25, 0.3) is 10.4 Å². The zero-order chi connectivity index (χ0) is 8.97. The van der Waals surface area contributed by atoms with Gasteiger partial charge in [-0.2, -0.15) is 0 Å². The Morgan fingerprint density at radius 3 is 2.83 bits per heavy atom. The summed E-state index contributed by atoms with van der Waals surface area (Å²) in [6.07, 6.45) is 1.26. The average Bonchev–Trinajstić information content (AvgIpc) is 2.06. The third-order valence-corrected chi connectivity index (χ3v) is 1.18. The summed E-state index contributed by atoms with van der Waals surface area (Å²) in [5.41, 5.74) is 13.3. The molecule has 0 saturated carbocycles. The summed E-state index contributed by atoms with van der Waals surface area (Å²) in [5.74, 6) is -0.350. The predicted molar refractivity (Wildman–Crippen MR) is 41.6 cm³/mol. The number of carbonyl (C=O) groups is 1. The lowest BCUT2D eigenvalue weighted by molar-refractivity contribution is 0.1000. The first kappa shape index (κ1) is 8.03. The smallest absolute Gasteiger partial charge is 0.250 e. The van der Waals surface area contributed by atoms with Gasteiger partial charge in [0.05, 0.1) is 5.56 Å². The van der Waals surface area contributed by atoms with Crippen molar-refractivity contribution < 1.29 is 4.79 Å². The molecule has 0 aliphatic heterocycles. The second-order valence-corrected chi connectivity index (χ2v) is 1.96. The number of hydrogen-bond donors (Lipinski definition) is 1. The molecule has 0 unspecified atom stereocenters. The van der Waals surface area contributed by atoms with Crippen LogP contribution in [0, 0.1) is 0 Å². The Labute approximate surface area is 67.7 Å². The highest BCUT2D eigenvalue weighted by atomic mass is 16.1. The van der Waals surface area contributed by atoms with E-state index in [0.29, 0.717) is 0 Å². The molecule has 1 aromatic heterocycles. The van der Waals surface area contributed by atoms with E-state index < -0.39 is 5.91 Å². The van der Waals surface area contributed by atoms with Crippen molar-refractivity contribution in [3.05, 3.63) is 34.3 Å². The third-order valence-electron chi connectivity index (χ3n) is 1.18. The molecule has 6 nitrogen and oxygen atoms in total. The van der Waals surface area contributed by atoms with Gasteiger partial charge < -0.3 is 5.73 Å². The van der Waals surface area contributed by atoms with Crippen molar-refractivity contribution in [1.29, 1.82) is 0 Å². The van der Waals surface area contributed by atoms with Gasteiger partial charge in [-0.05, 0) is 22.8 Å². The number of pyridine rings is 1. The maximum atomic E-state index is 10.5. The number of aromatic nitrogens is 1. The van der Waals surface area contributed by atoms with Crippen LogP contribution in [0.4, 0.5) is 5.82 Å². The Hall–Kier alpha value is -2.07. The molecule has 0 aliphatic rings. The molecule has 6 heteroatoms. The summed E-state index contributed by atoms with van der Waals surface area (Å²) in [6.45, 7) is 0. The summed E-state index contributed by atoms with van der Waals surface area (Å²) < 4.78 is 0. The van der Waals surface area contributed by atoms with Crippen molar-refractivity contribution in [3.8, 4) is 0 Å². The number of hydrogen-bond acceptors (Lipinski definition) is 3. The Bertz CT molecular complexity index is 316. The van der Waals surface area contributed by atoms with Crippen LogP contribution < -0.4 is 5.73 Å². The van der Waals surface area contributed by atoms with Crippen molar-refractivity contribution in [1.82, 2.24) is 4.98 Å². The molecule has 0 aromatic carbocycles. The second kappa shape index (κ2) is 3.36. The van der Waals surface area contributed by atoms with Gasteiger partial charge in [0.25, 0.3) is 0 Å². The molecule has 1 amide bonds. The van der Waals surface area contributed by atoms with Crippen molar-refractivity contribution in [2.75, 3.05) is 0 Å². The monoisotopic (exact) mass is 163 g/mol. The highest BCUT2D eigenvalue weighted by Crippen LogP contribution is 2.07. The lowest BCUT2D eigenvalue weighted by Crippen LogP contribution is -2.10. The lowest BCUT2D eigenvalue weighted by atomic mass is 10.3. The van der Waals surface area contributed by atoms with Gasteiger partial charge in [-0.3, -0.25) is 9.78 Å². The molecule has 0 atom stereocenters. The van der Waals surface area contributed by atoms with Gasteiger partial charge in [-0.25, -0.2) is 0 Å². The van der Waals surface area contributed by atoms with E-state index in [9.17, 15) is 4.79 Å². The molecular formula is C6H5N5O. The first-order valence-electron chi connectivity index (χ1n) is 3.05. The van der Waals surface area contributed by atoms with Crippen molar-refractivity contribution in [2.45, 2.75) is 0 Å². The minimum Gasteiger partial charge on any atom is -0.366 e. The highest BCUT2D eigenvalue weighted by molar-refractivity contribution is 5.92. The molecule has 0 bridgehead atoms. The SMILES string of the molecule is [N-]=[N+]=Nc1ccc(C(N)=O)cn1. The number of nitrogens with zero attached hydrogens (tertiary/aromatic N) is 4. The predicted octanol–water partition coefficient (Wildman–Crippen LogP) is 1.12. The van der Waals surface area contributed by atoms with Crippen LogP contribution in [0.5, 0.6) is 0 Å². The zero-order valence-electron chi connectivity index (χ0n) is 6.01. The highest BCUT2D eigenvalue weighted by Gasteiger charge is 1.98. The Morgan fingerprint density at radius 1 is 1.67 bits per heavy atom. The number of rotatable bonds is 2. The quantitative estimate of drug-likeness (QED) is 0.400. The average molecular weight is 163 g/mol. The fourth-order valence-corrected chi connectivity index (χ4v) is 0.637. The van der Waals surface area contributed by atoms with Crippen LogP contribution in [-0.4, -0.2) is 10.9 Å². The maximum Gasteiger partial charge on any atom is 0.250 e. The van der Waals surface area contributed by atoms with Gasteiger partial charge in [0.1, 0.15) is 5.82 Å². The van der Waals surface area contributed by atoms with E-state index in [1.807, 2.05) is 0 Å². The molecule has 60 valence electrons. The molecule has 0 fully saturated rings. The van der Waals surface area contributed by atoms with Crippen molar-refractivity contribution in [3.63, 3.8) is 0 Å². The summed E-state index contributed by atoms with van der Waals surface area (Å²) in [7, 11) is 0. The first-order chi connectivity index (χ1) is 5.74. The minimum atomic E-state index is -0.560. The largest absolute Gasteiger partial charge is 0.366 e. The zero-order valence-corrected chi connectivity index (χ0v) is 6.01. The molecule has 0 radical (unpaired) electrons. The number of nitrogens with two attached hydrogens (primary N) is 1. The van der Waals surface area contributed by atoms with E-state index in [1.54, 1.807) is 0 Å². The van der Waals surface area contributed by atoms with Crippen LogP contribution in [0.15, 0.2) is 23.4 Å². The molecule has 1 aromatic rings. The normalized spacial score (nSPS) is 8.67. The topological polar surface area (TPSA) is 105 Å². The van der Waals surface area contributed by atoms with E-state index in [4.69, 9.17) is 11.3 Å². The summed E-state index contributed by atoms with van der Waals surface area (Å²) in [5, 5.41) is 3.22. The van der Waals surface area contributed by atoms with Crippen molar-refractivity contribution in [2.24, 2.45) is 10.8 Å². The molecule has 0 spiro atoms. The lowest BCUT2D eigenvalue weighted by Gasteiger charge is -1.93. The molecule has 2 N–H and O–H groups in total. The van der Waals surface area contributed by atoms with Crippen LogP contribution in [0.1, 0.15) is 10.4 Å². The van der Waals surface area contributed by atoms with E-state index in [0.717, 1.165) is 0 Å². The van der Waals surface area contributed by atoms with Gasteiger partial charge in [0.15, 0.2) is 0 Å². The molecular weight excluding hydrogens is 158 g/mol. The fourth-order valence-electron chi connectivity index (χ4n) is 0.637. The van der Waals surface area contributed by atoms with Gasteiger partial charge in [0, 0.05) is 11.1 Å².